The highest BCUT2D eigenvalue weighted by molar-refractivity contribution is 9.10. The number of fused-ring (bicyclic) bond motifs is 3. The lowest BCUT2D eigenvalue weighted by atomic mass is 9.91. The number of hydrogen-bond donors (Lipinski definition) is 0. The predicted octanol–water partition coefficient (Wildman–Crippen LogP) is 5.03. The van der Waals surface area contributed by atoms with Crippen LogP contribution in [0.5, 0.6) is 0 Å². The maximum absolute atomic E-state index is 4.81. The van der Waals surface area contributed by atoms with Crippen LogP contribution in [0.4, 0.5) is 0 Å². The van der Waals surface area contributed by atoms with E-state index >= 15 is 0 Å². The van der Waals surface area contributed by atoms with Gasteiger partial charge in [0.2, 0.25) is 0 Å². The van der Waals surface area contributed by atoms with E-state index in [1.165, 1.54) is 39.8 Å². The van der Waals surface area contributed by atoms with E-state index in [-0.39, 0.29) is 5.41 Å². The minimum Gasteiger partial charge on any atom is -0.302 e. The summed E-state index contributed by atoms with van der Waals surface area (Å²) in [6.45, 7) is 8.88. The van der Waals surface area contributed by atoms with Crippen LogP contribution in [0.1, 0.15) is 32.0 Å². The molecule has 0 aliphatic carbocycles. The van der Waals surface area contributed by atoms with Crippen molar-refractivity contribution in [3.05, 3.63) is 46.3 Å². The summed E-state index contributed by atoms with van der Waals surface area (Å²) in [6.07, 6.45) is 3.13. The lowest BCUT2D eigenvalue weighted by molar-refractivity contribution is 0.404. The number of halogens is 1. The quantitative estimate of drug-likeness (QED) is 0.341. The number of nitrogens with zero attached hydrogens (tertiary/aromatic N) is 2. The minimum absolute atomic E-state index is 0.237. The van der Waals surface area contributed by atoms with Gasteiger partial charge < -0.3 is 4.40 Å². The monoisotopic (exact) mass is 1930 g/mol. The highest BCUT2D eigenvalue weighted by Crippen LogP contribution is 2.30. The van der Waals surface area contributed by atoms with Gasteiger partial charge in [0.25, 0.3) is 0 Å². The van der Waals surface area contributed by atoms with Gasteiger partial charge in [0.1, 0.15) is 10.3 Å². The van der Waals surface area contributed by atoms with E-state index in [4.69, 9.17) is 27.4 Å². The van der Waals surface area contributed by atoms with Crippen LogP contribution < -0.4 is 0 Å². The molecule has 53 heteroatoms. The van der Waals surface area contributed by atoms with E-state index in [0.717, 1.165) is 16.7 Å². The third-order valence-corrected chi connectivity index (χ3v) is 110. The van der Waals surface area contributed by atoms with Crippen molar-refractivity contribution < 1.29 is 0 Å². The van der Waals surface area contributed by atoms with E-state index < -0.39 is 0 Å². The van der Waals surface area contributed by atoms with Gasteiger partial charge in [-0.1, -0.05) is 44.5 Å². The predicted molar refractivity (Wildman–Crippen MR) is 457 cm³/mol. The molecule has 0 fully saturated rings. The zero-order valence-electron chi connectivity index (χ0n) is 32.8. The Labute approximate surface area is 561 Å². The molecule has 2 heterocycles. The molecule has 404 valence electrons. The molecular weight excluding hydrogens is 1920 g/mol. The largest absolute Gasteiger partial charge is 0.302 e. The number of rotatable bonds is 1. The molecule has 0 atom stereocenters. The Bertz CT molecular complexity index is 4520. The summed E-state index contributed by atoms with van der Waals surface area (Å²) in [7, 11) is 85.7. The molecule has 0 unspecified atom stereocenters. The first kappa shape index (κ1) is 75.7. The molecule has 0 saturated heterocycles. The lowest BCUT2D eigenvalue weighted by Crippen LogP contribution is -2.11. The SMILES string of the molecule is Cc1ccc2c(ccn3c(CC(C)(C)C)c(Br)nc23)c1.S=S=S=S=S=S=S=S=S=S=S=S=S=S=S=S=S=S=S=S=S=S=S=S=S=S=S=S=S=S=S=S=S=S=S=S=S=S=S=S=S=S=S=S=S=S=S=S=S=S. The van der Waals surface area contributed by atoms with Gasteiger partial charge in [-0.2, -0.15) is 0 Å². The van der Waals surface area contributed by atoms with Crippen molar-refractivity contribution in [1.29, 1.82) is 0 Å². The molecule has 2 aromatic heterocycles. The van der Waals surface area contributed by atoms with Crippen molar-refractivity contribution >= 4 is 481 Å². The Morgan fingerprint density at radius 3 is 0.914 bits per heavy atom. The number of benzene rings is 1. The summed E-state index contributed by atoms with van der Waals surface area (Å²) in [4.78, 5) is 4.73. The smallest absolute Gasteiger partial charge is 0.146 e. The number of pyridine rings is 1. The first-order valence-corrected chi connectivity index (χ1v) is 81.2. The first-order chi connectivity index (χ1) is 34.3. The van der Waals surface area contributed by atoms with E-state index in [1.807, 2.05) is 302 Å². The van der Waals surface area contributed by atoms with Crippen molar-refractivity contribution in [3.63, 3.8) is 0 Å². The second-order valence-corrected chi connectivity index (χ2v) is 95.6. The number of imidazole rings is 1. The molecule has 0 aliphatic rings. The van der Waals surface area contributed by atoms with Crippen molar-refractivity contribution in [3.8, 4) is 0 Å². The number of hydrogen-bond acceptors (Lipinski definition) is 3. The van der Waals surface area contributed by atoms with Crippen LogP contribution >= 0.6 is 15.9 Å². The molecule has 0 amide bonds. The van der Waals surface area contributed by atoms with Crippen molar-refractivity contribution in [2.45, 2.75) is 34.1 Å². The maximum Gasteiger partial charge on any atom is 0.146 e. The highest BCUT2D eigenvalue weighted by atomic mass is 79.9. The van der Waals surface area contributed by atoms with E-state index in [9.17, 15) is 0 Å². The number of aromatic nitrogens is 2. The summed E-state index contributed by atoms with van der Waals surface area (Å²) < 4.78 is 3.17. The van der Waals surface area contributed by atoms with Crippen LogP contribution in [0, 0.1) is 12.3 Å². The molecule has 0 N–H and O–H groups in total. The molecule has 1 aromatic carbocycles. The third kappa shape index (κ3) is 45.9. The summed E-state index contributed by atoms with van der Waals surface area (Å²) in [5, 5.41) is 2.45. The Kier molecular flexibility index (Phi) is 61.1. The summed E-state index contributed by atoms with van der Waals surface area (Å²) in [5.41, 5.74) is 3.80. The Morgan fingerprint density at radius 2 is 0.671 bits per heavy atom. The molecule has 3 rings (SSSR count). The van der Waals surface area contributed by atoms with Crippen molar-refractivity contribution in [1.82, 2.24) is 9.38 Å². The zero-order chi connectivity index (χ0) is 50.4. The first-order valence-electron chi connectivity index (χ1n) is 15.1. The lowest BCUT2D eigenvalue weighted by Gasteiger charge is -2.18. The fourth-order valence-corrected chi connectivity index (χ4v) is 130. The topological polar surface area (TPSA) is 17.3 Å². The summed E-state index contributed by atoms with van der Waals surface area (Å²) in [5.74, 6) is 0. The summed E-state index contributed by atoms with van der Waals surface area (Å²) in [6, 6.07) is 8.70. The van der Waals surface area contributed by atoms with Gasteiger partial charge >= 0.3 is 0 Å². The van der Waals surface area contributed by atoms with Gasteiger partial charge in [-0.15, -0.1) is 0 Å². The Balaban J connectivity index is 0.000000684. The molecule has 0 aliphatic heterocycles. The zero-order valence-corrected chi connectivity index (χ0v) is 75.2. The van der Waals surface area contributed by atoms with Crippen LogP contribution in [-0.2, 0) is 455 Å². The van der Waals surface area contributed by atoms with Gasteiger partial charge in [-0.3, -0.25) is 0 Å². The Morgan fingerprint density at radius 1 is 0.414 bits per heavy atom. The second kappa shape index (κ2) is 56.5. The van der Waals surface area contributed by atoms with Crippen LogP contribution in [0.3, 0.4) is 0 Å². The van der Waals surface area contributed by atoms with Gasteiger partial charge in [0, 0.05) is 460 Å². The average Bonchev–Trinajstić information content (AvgIpc) is 3.65. The molecule has 2 nitrogen and oxygen atoms in total. The van der Waals surface area contributed by atoms with Crippen molar-refractivity contribution in [2.24, 2.45) is 5.41 Å². The standard InChI is InChI=1S/C17H19BrN2.S50/c1-11-5-6-13-12(9-11)7-8-20-14(10-17(2,3)4)15(18)19-16(13)20;1-3-5-7-9-11-13-15-17-19-21-23-25-27-29-31-33-35-37-39-41-43-45-47-49-50-48-46-44-42-40-38-36-34-32-30-28-26-24-22-20-18-16-14-12-10-8-6-4-2/h5-9H,10H2,1-4H3;. The molecule has 70 heavy (non-hydrogen) atoms. The normalized spacial score (nSPS) is 9.10. The Hall–Kier alpha value is 9.65. The van der Waals surface area contributed by atoms with E-state index in [2.05, 4.69) is 78.5 Å². The molecule has 0 spiro atoms. The minimum atomic E-state index is 0.237. The molecule has 0 radical (unpaired) electrons. The second-order valence-electron chi connectivity index (χ2n) is 9.95. The molecule has 0 bridgehead atoms. The van der Waals surface area contributed by atoms with Gasteiger partial charge in [0.15, 0.2) is 0 Å². The van der Waals surface area contributed by atoms with Crippen LogP contribution in [0.2, 0.25) is 0 Å². The summed E-state index contributed by atoms with van der Waals surface area (Å²) >= 11 is 13.3. The molecular formula is C17H19BrN2S50. The van der Waals surface area contributed by atoms with Gasteiger partial charge in [-0.05, 0) is 46.1 Å². The van der Waals surface area contributed by atoms with E-state index in [0.29, 0.717) is 0 Å². The fraction of sp³-hybridized carbons (Fsp3) is 0.353. The van der Waals surface area contributed by atoms with Gasteiger partial charge in [0.05, 0.1) is 5.69 Å². The molecule has 0 saturated carbocycles. The highest BCUT2D eigenvalue weighted by Gasteiger charge is 2.19. The fourth-order valence-electron chi connectivity index (χ4n) is 3.15. The van der Waals surface area contributed by atoms with Crippen LogP contribution in [-0.4, -0.2) is 9.38 Å². The third-order valence-electron chi connectivity index (χ3n) is 4.82. The van der Waals surface area contributed by atoms with E-state index in [1.54, 1.807) is 107 Å². The maximum atomic E-state index is 4.81. The average molecular weight is 1930 g/mol. The van der Waals surface area contributed by atoms with Gasteiger partial charge in [-0.25, -0.2) is 4.98 Å². The van der Waals surface area contributed by atoms with Crippen molar-refractivity contribution in [2.75, 3.05) is 0 Å². The van der Waals surface area contributed by atoms with Crippen LogP contribution in [0.15, 0.2) is 35.1 Å². The van der Waals surface area contributed by atoms with Crippen LogP contribution in [0.25, 0.3) is 16.4 Å². The molecule has 3 aromatic rings. The number of aryl methyl sites for hydroxylation is 1.